The fourth-order valence-corrected chi connectivity index (χ4v) is 2.24. The molecule has 1 fully saturated rings. The lowest BCUT2D eigenvalue weighted by Crippen LogP contribution is -2.39. The van der Waals surface area contributed by atoms with Gasteiger partial charge in [0.1, 0.15) is 24.5 Å². The zero-order valence-corrected chi connectivity index (χ0v) is 11.4. The summed E-state index contributed by atoms with van der Waals surface area (Å²) in [5.41, 5.74) is 0.252. The van der Waals surface area contributed by atoms with Crippen molar-refractivity contribution in [2.75, 3.05) is 18.4 Å². The van der Waals surface area contributed by atoms with E-state index in [1.807, 2.05) is 6.07 Å². The first-order valence-corrected chi connectivity index (χ1v) is 6.35. The van der Waals surface area contributed by atoms with E-state index in [0.29, 0.717) is 0 Å². The van der Waals surface area contributed by atoms with Crippen molar-refractivity contribution in [1.29, 1.82) is 5.26 Å². The molecule has 2 heterocycles. The van der Waals surface area contributed by atoms with Gasteiger partial charge in [-0.25, -0.2) is 4.98 Å². The summed E-state index contributed by atoms with van der Waals surface area (Å²) in [6.45, 7) is -1.25. The number of rotatable bonds is 3. The van der Waals surface area contributed by atoms with Crippen molar-refractivity contribution in [3.8, 4) is 6.07 Å². The molecule has 1 aromatic rings. The summed E-state index contributed by atoms with van der Waals surface area (Å²) in [5.74, 6) is -0.475. The molecule has 21 heavy (non-hydrogen) atoms. The minimum atomic E-state index is -4.42. The molecule has 1 atom stereocenters. The maximum absolute atomic E-state index is 12.3. The zero-order chi connectivity index (χ0) is 15.6. The number of aromatic nitrogens is 1. The predicted octanol–water partition coefficient (Wildman–Crippen LogP) is 2.18. The highest BCUT2D eigenvalue weighted by Gasteiger charge is 2.39. The van der Waals surface area contributed by atoms with E-state index in [0.717, 1.165) is 4.90 Å². The number of alkyl halides is 3. The number of likely N-dealkylation sites (tertiary alicyclic amines) is 1. The Labute approximate surface area is 123 Å². The van der Waals surface area contributed by atoms with Crippen LogP contribution in [-0.2, 0) is 4.79 Å². The first kappa shape index (κ1) is 15.4. The maximum atomic E-state index is 12.3. The lowest BCUT2D eigenvalue weighted by atomic mass is 10.2. The zero-order valence-electron chi connectivity index (χ0n) is 10.6. The third kappa shape index (κ3) is 3.76. The van der Waals surface area contributed by atoms with Crippen molar-refractivity contribution < 1.29 is 18.0 Å². The topological polar surface area (TPSA) is 69.0 Å². The number of nitrogens with one attached hydrogen (secondary N) is 1. The highest BCUT2D eigenvalue weighted by molar-refractivity contribution is 6.33. The van der Waals surface area contributed by atoms with Crippen LogP contribution in [-0.4, -0.2) is 41.1 Å². The van der Waals surface area contributed by atoms with Gasteiger partial charge in [-0.15, -0.1) is 0 Å². The second-order valence-corrected chi connectivity index (χ2v) is 4.93. The van der Waals surface area contributed by atoms with Gasteiger partial charge in [-0.1, -0.05) is 11.6 Å². The van der Waals surface area contributed by atoms with Crippen LogP contribution in [0, 0.1) is 11.3 Å². The molecule has 0 saturated carbocycles. The number of pyridine rings is 1. The Morgan fingerprint density at radius 2 is 2.29 bits per heavy atom. The van der Waals surface area contributed by atoms with Gasteiger partial charge < -0.3 is 10.2 Å². The Morgan fingerprint density at radius 3 is 2.86 bits per heavy atom. The minimum absolute atomic E-state index is 0.0178. The molecule has 112 valence electrons. The SMILES string of the molecule is N#Cc1cnc(NC2CCN(CC(F)(F)F)C2=O)c(Cl)c1. The van der Waals surface area contributed by atoms with Crippen molar-refractivity contribution in [1.82, 2.24) is 9.88 Å². The van der Waals surface area contributed by atoms with Crippen molar-refractivity contribution >= 4 is 23.3 Å². The fraction of sp³-hybridized carbons (Fsp3) is 0.417. The average molecular weight is 319 g/mol. The summed E-state index contributed by atoms with van der Waals surface area (Å²) in [6.07, 6.45) is -2.93. The minimum Gasteiger partial charge on any atom is -0.357 e. The molecule has 1 unspecified atom stereocenters. The summed E-state index contributed by atoms with van der Waals surface area (Å²) < 4.78 is 36.9. The lowest BCUT2D eigenvalue weighted by Gasteiger charge is -2.19. The van der Waals surface area contributed by atoms with Crippen molar-refractivity contribution in [3.05, 3.63) is 22.8 Å². The largest absolute Gasteiger partial charge is 0.406 e. The highest BCUT2D eigenvalue weighted by atomic mass is 35.5. The molecule has 0 radical (unpaired) electrons. The van der Waals surface area contributed by atoms with E-state index in [1.165, 1.54) is 12.3 Å². The van der Waals surface area contributed by atoms with E-state index in [-0.39, 0.29) is 29.4 Å². The number of hydrogen-bond acceptors (Lipinski definition) is 4. The van der Waals surface area contributed by atoms with E-state index in [2.05, 4.69) is 10.3 Å². The summed E-state index contributed by atoms with van der Waals surface area (Å²) in [5, 5.41) is 11.5. The van der Waals surface area contributed by atoms with Gasteiger partial charge >= 0.3 is 6.18 Å². The normalized spacial score (nSPS) is 18.7. The molecular formula is C12H10ClF3N4O. The number of nitrogens with zero attached hydrogens (tertiary/aromatic N) is 3. The summed E-state index contributed by atoms with van der Waals surface area (Å²) in [6, 6.07) is 2.42. The lowest BCUT2D eigenvalue weighted by molar-refractivity contribution is -0.157. The van der Waals surface area contributed by atoms with E-state index >= 15 is 0 Å². The Morgan fingerprint density at radius 1 is 1.57 bits per heavy atom. The van der Waals surface area contributed by atoms with Gasteiger partial charge in [-0.2, -0.15) is 18.4 Å². The van der Waals surface area contributed by atoms with Crippen molar-refractivity contribution in [2.45, 2.75) is 18.6 Å². The number of nitriles is 1. The smallest absolute Gasteiger partial charge is 0.357 e. The van der Waals surface area contributed by atoms with Gasteiger partial charge in [-0.3, -0.25) is 4.79 Å². The van der Waals surface area contributed by atoms with Crippen LogP contribution in [0.5, 0.6) is 0 Å². The molecule has 5 nitrogen and oxygen atoms in total. The molecule has 1 N–H and O–H groups in total. The Balaban J connectivity index is 2.05. The number of carbonyl (C=O) groups is 1. The van der Waals surface area contributed by atoms with Crippen LogP contribution in [0.25, 0.3) is 0 Å². The Hall–Kier alpha value is -2.01. The molecule has 2 rings (SSSR count). The average Bonchev–Trinajstić information content (AvgIpc) is 2.72. The van der Waals surface area contributed by atoms with Crippen LogP contribution < -0.4 is 5.32 Å². The van der Waals surface area contributed by atoms with Gasteiger partial charge in [0.25, 0.3) is 0 Å². The maximum Gasteiger partial charge on any atom is 0.406 e. The number of halogens is 4. The summed E-state index contributed by atoms with van der Waals surface area (Å²) >= 11 is 5.90. The number of hydrogen-bond donors (Lipinski definition) is 1. The standard InChI is InChI=1S/C12H10ClF3N4O/c13-8-3-7(4-17)5-18-10(8)19-9-1-2-20(11(9)21)6-12(14,15)16/h3,5,9H,1-2,6H2,(H,18,19). The molecule has 0 spiro atoms. The number of carbonyl (C=O) groups excluding carboxylic acids is 1. The van der Waals surface area contributed by atoms with Crippen molar-refractivity contribution in [2.24, 2.45) is 0 Å². The first-order chi connectivity index (χ1) is 9.80. The Bertz CT molecular complexity index is 599. The van der Waals surface area contributed by atoms with Gasteiger partial charge in [0, 0.05) is 12.7 Å². The van der Waals surface area contributed by atoms with E-state index in [1.54, 1.807) is 0 Å². The third-order valence-electron chi connectivity index (χ3n) is 2.95. The van der Waals surface area contributed by atoms with Crippen LogP contribution in [0.15, 0.2) is 12.3 Å². The number of amides is 1. The second kappa shape index (κ2) is 5.77. The van der Waals surface area contributed by atoms with Crippen LogP contribution >= 0.6 is 11.6 Å². The van der Waals surface area contributed by atoms with Gasteiger partial charge in [0.05, 0.1) is 10.6 Å². The van der Waals surface area contributed by atoms with Crippen LogP contribution in [0.2, 0.25) is 5.02 Å². The highest BCUT2D eigenvalue weighted by Crippen LogP contribution is 2.25. The Kier molecular flexibility index (Phi) is 4.23. The van der Waals surface area contributed by atoms with Crippen LogP contribution in [0.1, 0.15) is 12.0 Å². The van der Waals surface area contributed by atoms with Gasteiger partial charge in [0.2, 0.25) is 5.91 Å². The van der Waals surface area contributed by atoms with Gasteiger partial charge in [-0.05, 0) is 12.5 Å². The second-order valence-electron chi connectivity index (χ2n) is 4.53. The predicted molar refractivity (Wildman–Crippen MR) is 68.6 cm³/mol. The molecule has 1 aliphatic heterocycles. The monoisotopic (exact) mass is 318 g/mol. The molecule has 1 aromatic heterocycles. The third-order valence-corrected chi connectivity index (χ3v) is 3.24. The molecule has 1 saturated heterocycles. The number of anilines is 1. The molecule has 0 bridgehead atoms. The molecule has 0 aliphatic carbocycles. The molecule has 1 amide bonds. The quantitative estimate of drug-likeness (QED) is 0.927. The molecule has 0 aromatic carbocycles. The van der Waals surface area contributed by atoms with E-state index in [9.17, 15) is 18.0 Å². The fourth-order valence-electron chi connectivity index (χ4n) is 2.02. The first-order valence-electron chi connectivity index (χ1n) is 5.98. The van der Waals surface area contributed by atoms with E-state index in [4.69, 9.17) is 16.9 Å². The van der Waals surface area contributed by atoms with Gasteiger partial charge in [0.15, 0.2) is 0 Å². The summed E-state index contributed by atoms with van der Waals surface area (Å²) in [4.78, 5) is 16.5. The molecular weight excluding hydrogens is 309 g/mol. The summed E-state index contributed by atoms with van der Waals surface area (Å²) in [7, 11) is 0. The van der Waals surface area contributed by atoms with Crippen LogP contribution in [0.4, 0.5) is 19.0 Å². The van der Waals surface area contributed by atoms with Crippen LogP contribution in [0.3, 0.4) is 0 Å². The van der Waals surface area contributed by atoms with E-state index < -0.39 is 24.7 Å². The molecule has 1 aliphatic rings. The van der Waals surface area contributed by atoms with Crippen molar-refractivity contribution in [3.63, 3.8) is 0 Å². The molecule has 9 heteroatoms.